The lowest BCUT2D eigenvalue weighted by molar-refractivity contribution is 0.277. The van der Waals surface area contributed by atoms with Gasteiger partial charge in [0.1, 0.15) is 0 Å². The van der Waals surface area contributed by atoms with Crippen molar-refractivity contribution in [2.45, 2.75) is 48.0 Å². The normalized spacial score (nSPS) is 8.78. The lowest BCUT2D eigenvalue weighted by Gasteiger charge is -2.01. The van der Waals surface area contributed by atoms with Crippen molar-refractivity contribution in [2.75, 3.05) is 14.2 Å². The summed E-state index contributed by atoms with van der Waals surface area (Å²) in [5.41, 5.74) is 2.77. The number of hydrogen-bond acceptors (Lipinski definition) is 1. The van der Waals surface area contributed by atoms with E-state index in [0.717, 1.165) is 6.42 Å². The van der Waals surface area contributed by atoms with Crippen molar-refractivity contribution >= 4 is 5.57 Å². The smallest absolute Gasteiger partial charge is 0.0351 e. The topological polar surface area (TPSA) is 9.23 Å². The third-order valence-electron chi connectivity index (χ3n) is 1.87. The van der Waals surface area contributed by atoms with E-state index in [1.807, 2.05) is 33.8 Å². The van der Waals surface area contributed by atoms with Gasteiger partial charge in [-0.3, -0.25) is 0 Å². The van der Waals surface area contributed by atoms with Crippen LogP contribution in [0.25, 0.3) is 5.57 Å². The van der Waals surface area contributed by atoms with Crippen LogP contribution >= 0.6 is 0 Å². The zero-order chi connectivity index (χ0) is 14.8. The molecule has 0 fully saturated rings. The molecule has 0 saturated carbocycles. The average molecular weight is 252 g/mol. The minimum atomic E-state index is 1.11. The second-order valence-corrected chi connectivity index (χ2v) is 2.94. The van der Waals surface area contributed by atoms with Gasteiger partial charge in [-0.25, -0.2) is 0 Å². The van der Waals surface area contributed by atoms with Gasteiger partial charge in [-0.15, -0.1) is 0 Å². The number of benzene rings is 1. The third-order valence-corrected chi connectivity index (χ3v) is 1.87. The van der Waals surface area contributed by atoms with Crippen LogP contribution in [0.5, 0.6) is 0 Å². The summed E-state index contributed by atoms with van der Waals surface area (Å²) < 4.78 is 4.25. The van der Waals surface area contributed by atoms with Crippen molar-refractivity contribution in [1.82, 2.24) is 0 Å². The second kappa shape index (κ2) is 21.2. The Balaban J connectivity index is -0.000000274. The molecule has 1 rings (SSSR count). The predicted molar refractivity (Wildman–Crippen MR) is 86.0 cm³/mol. The van der Waals surface area contributed by atoms with E-state index in [4.69, 9.17) is 0 Å². The van der Waals surface area contributed by atoms with Crippen molar-refractivity contribution in [3.05, 3.63) is 42.0 Å². The van der Waals surface area contributed by atoms with Gasteiger partial charge in [0.15, 0.2) is 0 Å². The summed E-state index contributed by atoms with van der Waals surface area (Å²) in [5.74, 6) is 0. The van der Waals surface area contributed by atoms with Crippen molar-refractivity contribution < 1.29 is 4.74 Å². The molecule has 0 aliphatic rings. The highest BCUT2D eigenvalue weighted by atomic mass is 16.4. The van der Waals surface area contributed by atoms with Crippen LogP contribution < -0.4 is 0 Å². The largest absolute Gasteiger partial charge is 0.388 e. The maximum Gasteiger partial charge on any atom is 0.0351 e. The molecule has 0 aliphatic carbocycles. The maximum absolute atomic E-state index is 4.25. The summed E-state index contributed by atoms with van der Waals surface area (Å²) >= 11 is 0. The van der Waals surface area contributed by atoms with Crippen LogP contribution in [-0.2, 0) is 4.74 Å². The van der Waals surface area contributed by atoms with E-state index in [1.54, 1.807) is 14.2 Å². The van der Waals surface area contributed by atoms with Crippen LogP contribution in [0.2, 0.25) is 0 Å². The molecule has 0 bridgehead atoms. The molecule has 0 N–H and O–H groups in total. The summed E-state index contributed by atoms with van der Waals surface area (Å²) in [5, 5.41) is 0. The van der Waals surface area contributed by atoms with Gasteiger partial charge in [-0.2, -0.15) is 0 Å². The van der Waals surface area contributed by atoms with Crippen LogP contribution in [-0.4, -0.2) is 14.2 Å². The van der Waals surface area contributed by atoms with Crippen molar-refractivity contribution in [3.8, 4) is 0 Å². The molecular weight excluding hydrogens is 220 g/mol. The number of hydrogen-bond donors (Lipinski definition) is 0. The summed E-state index contributed by atoms with van der Waals surface area (Å²) in [7, 11) is 3.25. The van der Waals surface area contributed by atoms with E-state index in [0.29, 0.717) is 0 Å². The van der Waals surface area contributed by atoms with Gasteiger partial charge in [0, 0.05) is 14.2 Å². The Kier molecular flexibility index (Phi) is 26.1. The van der Waals surface area contributed by atoms with E-state index in [1.165, 1.54) is 11.1 Å². The minimum absolute atomic E-state index is 1.11. The number of rotatable bonds is 2. The molecular formula is C17H32O. The number of allylic oxidation sites excluding steroid dienone is 2. The first kappa shape index (κ1) is 22.1. The molecule has 0 spiro atoms. The van der Waals surface area contributed by atoms with Crippen LogP contribution in [0.1, 0.15) is 53.5 Å². The molecule has 0 radical (unpaired) electrons. The van der Waals surface area contributed by atoms with Gasteiger partial charge < -0.3 is 4.74 Å². The fourth-order valence-corrected chi connectivity index (χ4v) is 1.23. The van der Waals surface area contributed by atoms with Gasteiger partial charge in [-0.05, 0) is 24.5 Å². The summed E-state index contributed by atoms with van der Waals surface area (Å²) in [4.78, 5) is 0. The molecule has 0 aromatic heterocycles. The Bertz CT molecular complexity index is 250. The van der Waals surface area contributed by atoms with Gasteiger partial charge >= 0.3 is 0 Å². The first-order chi connectivity index (χ1) is 8.79. The van der Waals surface area contributed by atoms with E-state index in [-0.39, 0.29) is 0 Å². The predicted octanol–water partition coefficient (Wildman–Crippen LogP) is 5.81. The Morgan fingerprint density at radius 1 is 1.00 bits per heavy atom. The highest BCUT2D eigenvalue weighted by Gasteiger charge is 1.93. The zero-order valence-corrected chi connectivity index (χ0v) is 13.6. The van der Waals surface area contributed by atoms with Crippen LogP contribution in [0.15, 0.2) is 36.4 Å². The molecule has 0 heterocycles. The first-order valence-corrected chi connectivity index (χ1v) is 6.90. The molecule has 0 unspecified atom stereocenters. The molecule has 0 saturated heterocycles. The van der Waals surface area contributed by atoms with Gasteiger partial charge in [-0.1, -0.05) is 71.0 Å². The standard InChI is InChI=1S/C11H14.C2H6O.2C2H6/c1-3-10(4-2)11-8-6-5-7-9-11;1-3-2;2*1-2/h3,5-9H,4H2,1-2H3;1-2H3;2*1-2H3/b10-3+;;;. The molecule has 1 nitrogen and oxygen atoms in total. The van der Waals surface area contributed by atoms with Crippen LogP contribution in [0.4, 0.5) is 0 Å². The van der Waals surface area contributed by atoms with Crippen molar-refractivity contribution in [2.24, 2.45) is 0 Å². The Labute approximate surface area is 115 Å². The number of ether oxygens (including phenoxy) is 1. The number of methoxy groups -OCH3 is 1. The van der Waals surface area contributed by atoms with E-state index >= 15 is 0 Å². The lowest BCUT2D eigenvalue weighted by Crippen LogP contribution is -1.79. The van der Waals surface area contributed by atoms with E-state index in [2.05, 4.69) is 48.9 Å². The van der Waals surface area contributed by atoms with Crippen LogP contribution in [0.3, 0.4) is 0 Å². The Morgan fingerprint density at radius 3 is 1.67 bits per heavy atom. The fraction of sp³-hybridized carbons (Fsp3) is 0.529. The molecule has 1 heteroatoms. The third kappa shape index (κ3) is 13.0. The summed E-state index contributed by atoms with van der Waals surface area (Å²) in [6.45, 7) is 12.3. The van der Waals surface area contributed by atoms with Crippen LogP contribution in [0, 0.1) is 0 Å². The maximum atomic E-state index is 4.25. The molecule has 0 aliphatic heterocycles. The molecule has 18 heavy (non-hydrogen) atoms. The summed E-state index contributed by atoms with van der Waals surface area (Å²) in [6.07, 6.45) is 3.29. The monoisotopic (exact) mass is 252 g/mol. The Hall–Kier alpha value is -1.08. The quantitative estimate of drug-likeness (QED) is 0.645. The molecule has 0 amide bonds. The van der Waals surface area contributed by atoms with Crippen molar-refractivity contribution in [3.63, 3.8) is 0 Å². The molecule has 106 valence electrons. The first-order valence-electron chi connectivity index (χ1n) is 6.90. The fourth-order valence-electron chi connectivity index (χ4n) is 1.23. The van der Waals surface area contributed by atoms with Gasteiger partial charge in [0.25, 0.3) is 0 Å². The van der Waals surface area contributed by atoms with Crippen molar-refractivity contribution in [1.29, 1.82) is 0 Å². The SMILES string of the molecule is C/C=C(\CC)c1ccccc1.CC.CC.COC. The lowest BCUT2D eigenvalue weighted by atomic mass is 10.0. The molecule has 1 aromatic carbocycles. The second-order valence-electron chi connectivity index (χ2n) is 2.94. The average Bonchev–Trinajstić information content (AvgIpc) is 2.47. The highest BCUT2D eigenvalue weighted by Crippen LogP contribution is 2.16. The van der Waals surface area contributed by atoms with Gasteiger partial charge in [0.05, 0.1) is 0 Å². The minimum Gasteiger partial charge on any atom is -0.388 e. The molecule has 0 atom stereocenters. The highest BCUT2D eigenvalue weighted by molar-refractivity contribution is 5.64. The molecule has 1 aromatic rings. The summed E-state index contributed by atoms with van der Waals surface area (Å²) in [6, 6.07) is 10.5. The van der Waals surface area contributed by atoms with E-state index in [9.17, 15) is 0 Å². The van der Waals surface area contributed by atoms with Gasteiger partial charge in [0.2, 0.25) is 0 Å². The van der Waals surface area contributed by atoms with E-state index < -0.39 is 0 Å². The Morgan fingerprint density at radius 2 is 1.39 bits per heavy atom. The zero-order valence-electron chi connectivity index (χ0n) is 13.6.